The molecule has 0 atom stereocenters. The minimum absolute atomic E-state index is 0. The van der Waals surface area contributed by atoms with E-state index >= 15 is 0 Å². The number of halogens is 1. The molecule has 100 valence electrons. The van der Waals surface area contributed by atoms with E-state index in [1.807, 2.05) is 0 Å². The summed E-state index contributed by atoms with van der Waals surface area (Å²) in [4.78, 5) is 13.9. The summed E-state index contributed by atoms with van der Waals surface area (Å²) in [7, 11) is 1.80. The highest BCUT2D eigenvalue weighted by atomic mass is 35.5. The fourth-order valence-corrected chi connectivity index (χ4v) is 2.36. The zero-order valence-electron chi connectivity index (χ0n) is 10.6. The molecule has 1 amide bonds. The van der Waals surface area contributed by atoms with Gasteiger partial charge in [0.25, 0.3) is 0 Å². The van der Waals surface area contributed by atoms with E-state index in [1.54, 1.807) is 7.05 Å². The summed E-state index contributed by atoms with van der Waals surface area (Å²) in [5.41, 5.74) is 0. The van der Waals surface area contributed by atoms with E-state index in [-0.39, 0.29) is 18.3 Å². The third-order valence-corrected chi connectivity index (χ3v) is 3.50. The summed E-state index contributed by atoms with van der Waals surface area (Å²) in [6.45, 7) is 4.03. The van der Waals surface area contributed by atoms with E-state index in [9.17, 15) is 4.79 Å². The van der Waals surface area contributed by atoms with Crippen LogP contribution < -0.4 is 10.6 Å². The maximum Gasteiger partial charge on any atom is 0.234 e. The standard InChI is InChI=1S/C12H23N3O.ClH/c1-13-8-12(16)14-11-4-6-15(7-5-11)9-10-2-3-10;/h10-11,13H,2-9H2,1H3,(H,14,16);1H. The van der Waals surface area contributed by atoms with Gasteiger partial charge in [-0.3, -0.25) is 4.79 Å². The largest absolute Gasteiger partial charge is 0.352 e. The summed E-state index contributed by atoms with van der Waals surface area (Å²) in [6, 6.07) is 0.399. The molecule has 1 aliphatic carbocycles. The Labute approximate surface area is 110 Å². The summed E-state index contributed by atoms with van der Waals surface area (Å²) >= 11 is 0. The van der Waals surface area contributed by atoms with Gasteiger partial charge in [0.15, 0.2) is 0 Å². The molecule has 0 aromatic rings. The van der Waals surface area contributed by atoms with Gasteiger partial charge in [-0.2, -0.15) is 0 Å². The lowest BCUT2D eigenvalue weighted by atomic mass is 10.0. The third kappa shape index (κ3) is 5.23. The summed E-state index contributed by atoms with van der Waals surface area (Å²) in [6.07, 6.45) is 5.09. The zero-order chi connectivity index (χ0) is 11.4. The highest BCUT2D eigenvalue weighted by molar-refractivity contribution is 5.85. The Hall–Kier alpha value is -0.320. The minimum Gasteiger partial charge on any atom is -0.352 e. The molecule has 0 bridgehead atoms. The predicted molar refractivity (Wildman–Crippen MR) is 71.5 cm³/mol. The van der Waals surface area contributed by atoms with Crippen molar-refractivity contribution in [3.05, 3.63) is 0 Å². The van der Waals surface area contributed by atoms with Crippen LogP contribution in [0.3, 0.4) is 0 Å². The van der Waals surface area contributed by atoms with Crippen LogP contribution in [0.15, 0.2) is 0 Å². The van der Waals surface area contributed by atoms with E-state index in [0.29, 0.717) is 12.6 Å². The van der Waals surface area contributed by atoms with E-state index in [1.165, 1.54) is 19.4 Å². The third-order valence-electron chi connectivity index (χ3n) is 3.50. The highest BCUT2D eigenvalue weighted by Crippen LogP contribution is 2.30. The van der Waals surface area contributed by atoms with Gasteiger partial charge in [-0.1, -0.05) is 0 Å². The number of nitrogens with one attached hydrogen (secondary N) is 2. The first-order valence-electron chi connectivity index (χ1n) is 6.44. The second kappa shape index (κ2) is 7.19. The number of nitrogens with zero attached hydrogens (tertiary/aromatic N) is 1. The first-order valence-corrected chi connectivity index (χ1v) is 6.44. The normalized spacial score (nSPS) is 21.9. The molecular formula is C12H24ClN3O. The Kier molecular flexibility index (Phi) is 6.23. The van der Waals surface area contributed by atoms with Gasteiger partial charge in [0.05, 0.1) is 6.54 Å². The Bertz CT molecular complexity index is 238. The van der Waals surface area contributed by atoms with Crippen molar-refractivity contribution >= 4 is 18.3 Å². The van der Waals surface area contributed by atoms with Crippen LogP contribution in [-0.2, 0) is 4.79 Å². The quantitative estimate of drug-likeness (QED) is 0.763. The van der Waals surface area contributed by atoms with Crippen LogP contribution in [0.1, 0.15) is 25.7 Å². The van der Waals surface area contributed by atoms with Gasteiger partial charge in [0.2, 0.25) is 5.91 Å². The van der Waals surface area contributed by atoms with Gasteiger partial charge < -0.3 is 15.5 Å². The average molecular weight is 262 g/mol. The number of piperidine rings is 1. The van der Waals surface area contributed by atoms with Crippen LogP contribution in [0.25, 0.3) is 0 Å². The van der Waals surface area contributed by atoms with Crippen molar-refractivity contribution in [3.63, 3.8) is 0 Å². The van der Waals surface area contributed by atoms with Crippen molar-refractivity contribution < 1.29 is 4.79 Å². The minimum atomic E-state index is 0. The molecule has 4 nitrogen and oxygen atoms in total. The average Bonchev–Trinajstić information content (AvgIpc) is 3.05. The van der Waals surface area contributed by atoms with Crippen molar-refractivity contribution in [1.29, 1.82) is 0 Å². The van der Waals surface area contributed by atoms with Crippen molar-refractivity contribution in [2.45, 2.75) is 31.7 Å². The number of carbonyl (C=O) groups excluding carboxylic acids is 1. The molecule has 0 unspecified atom stereocenters. The first kappa shape index (κ1) is 14.7. The molecule has 1 aliphatic heterocycles. The number of likely N-dealkylation sites (tertiary alicyclic amines) is 1. The number of hydrogen-bond donors (Lipinski definition) is 2. The number of hydrogen-bond acceptors (Lipinski definition) is 3. The number of rotatable bonds is 5. The first-order chi connectivity index (χ1) is 7.78. The lowest BCUT2D eigenvalue weighted by Gasteiger charge is -2.32. The van der Waals surface area contributed by atoms with Crippen molar-refractivity contribution in [1.82, 2.24) is 15.5 Å². The monoisotopic (exact) mass is 261 g/mol. The lowest BCUT2D eigenvalue weighted by Crippen LogP contribution is -2.46. The molecule has 1 heterocycles. The highest BCUT2D eigenvalue weighted by Gasteiger charge is 2.27. The van der Waals surface area contributed by atoms with Gasteiger partial charge in [-0.25, -0.2) is 0 Å². The van der Waals surface area contributed by atoms with Crippen LogP contribution in [0.2, 0.25) is 0 Å². The number of likely N-dealkylation sites (N-methyl/N-ethyl adjacent to an activating group) is 1. The molecule has 0 radical (unpaired) electrons. The molecule has 1 saturated carbocycles. The van der Waals surface area contributed by atoms with E-state index in [2.05, 4.69) is 15.5 Å². The number of carbonyl (C=O) groups is 1. The SMILES string of the molecule is CNCC(=O)NC1CCN(CC2CC2)CC1.Cl. The molecule has 17 heavy (non-hydrogen) atoms. The molecule has 5 heteroatoms. The van der Waals surface area contributed by atoms with Gasteiger partial charge in [-0.15, -0.1) is 12.4 Å². The fraction of sp³-hybridized carbons (Fsp3) is 0.917. The molecule has 2 fully saturated rings. The molecule has 2 N–H and O–H groups in total. The van der Waals surface area contributed by atoms with Gasteiger partial charge in [0.1, 0.15) is 0 Å². The van der Waals surface area contributed by atoms with Gasteiger partial charge in [0, 0.05) is 25.7 Å². The van der Waals surface area contributed by atoms with Crippen LogP contribution in [0.4, 0.5) is 0 Å². The molecule has 2 rings (SSSR count). The summed E-state index contributed by atoms with van der Waals surface area (Å²) in [5, 5.41) is 5.96. The summed E-state index contributed by atoms with van der Waals surface area (Å²) in [5.74, 6) is 1.11. The van der Waals surface area contributed by atoms with E-state index < -0.39 is 0 Å². The predicted octanol–water partition coefficient (Wildman–Crippen LogP) is 0.618. The Morgan fingerprint density at radius 1 is 1.24 bits per heavy atom. The molecule has 0 spiro atoms. The van der Waals surface area contributed by atoms with E-state index in [0.717, 1.165) is 31.8 Å². The Morgan fingerprint density at radius 3 is 2.41 bits per heavy atom. The van der Waals surface area contributed by atoms with Crippen molar-refractivity contribution in [2.75, 3.05) is 33.2 Å². The lowest BCUT2D eigenvalue weighted by molar-refractivity contribution is -0.121. The molecule has 0 aromatic heterocycles. The van der Waals surface area contributed by atoms with Gasteiger partial charge >= 0.3 is 0 Å². The Balaban J connectivity index is 0.00000144. The second-order valence-electron chi connectivity index (χ2n) is 5.12. The van der Waals surface area contributed by atoms with E-state index in [4.69, 9.17) is 0 Å². The molecule has 0 aromatic carbocycles. The molecule has 2 aliphatic rings. The molecule has 1 saturated heterocycles. The Morgan fingerprint density at radius 2 is 1.88 bits per heavy atom. The van der Waals surface area contributed by atoms with Crippen LogP contribution in [0.5, 0.6) is 0 Å². The second-order valence-corrected chi connectivity index (χ2v) is 5.12. The number of amides is 1. The van der Waals surface area contributed by atoms with Gasteiger partial charge in [-0.05, 0) is 38.6 Å². The topological polar surface area (TPSA) is 44.4 Å². The molecular weight excluding hydrogens is 238 g/mol. The summed E-state index contributed by atoms with van der Waals surface area (Å²) < 4.78 is 0. The van der Waals surface area contributed by atoms with Crippen LogP contribution in [0, 0.1) is 5.92 Å². The maximum absolute atomic E-state index is 11.4. The van der Waals surface area contributed by atoms with Crippen molar-refractivity contribution in [2.24, 2.45) is 5.92 Å². The zero-order valence-corrected chi connectivity index (χ0v) is 11.4. The van der Waals surface area contributed by atoms with Crippen LogP contribution in [-0.4, -0.2) is 50.1 Å². The van der Waals surface area contributed by atoms with Crippen LogP contribution >= 0.6 is 12.4 Å². The van der Waals surface area contributed by atoms with Crippen molar-refractivity contribution in [3.8, 4) is 0 Å². The fourth-order valence-electron chi connectivity index (χ4n) is 2.36. The maximum atomic E-state index is 11.4. The smallest absolute Gasteiger partial charge is 0.234 e.